The lowest BCUT2D eigenvalue weighted by atomic mass is 10.1. The fraction of sp³-hybridized carbons (Fsp3) is 0.333. The lowest BCUT2D eigenvalue weighted by molar-refractivity contribution is -0.137. The van der Waals surface area contributed by atoms with Crippen molar-refractivity contribution in [3.05, 3.63) is 66.1 Å². The molecule has 0 unspecified atom stereocenters. The van der Waals surface area contributed by atoms with Gasteiger partial charge in [0.15, 0.2) is 17.0 Å². The third-order valence-corrected chi connectivity index (χ3v) is 6.03. The van der Waals surface area contributed by atoms with E-state index in [1.54, 1.807) is 17.1 Å². The zero-order valence-electron chi connectivity index (χ0n) is 19.4. The average molecular weight is 499 g/mol. The van der Waals surface area contributed by atoms with Gasteiger partial charge in [0.25, 0.3) is 0 Å². The largest absolute Gasteiger partial charge is 0.416 e. The van der Waals surface area contributed by atoms with Gasteiger partial charge in [-0.05, 0) is 29.8 Å². The van der Waals surface area contributed by atoms with Crippen LogP contribution in [0.5, 0.6) is 0 Å². The maximum atomic E-state index is 12.9. The first-order valence-electron chi connectivity index (χ1n) is 11.6. The van der Waals surface area contributed by atoms with E-state index in [1.165, 1.54) is 12.1 Å². The molecule has 1 fully saturated rings. The zero-order chi connectivity index (χ0) is 25.1. The van der Waals surface area contributed by atoms with Crippen LogP contribution < -0.4 is 15.1 Å². The van der Waals surface area contributed by atoms with Gasteiger partial charge in [-0.2, -0.15) is 23.1 Å². The number of alkyl halides is 3. The number of aliphatic hydroxyl groups is 1. The highest BCUT2D eigenvalue weighted by atomic mass is 19.4. The summed E-state index contributed by atoms with van der Waals surface area (Å²) in [6.07, 6.45) is -1.00. The van der Waals surface area contributed by atoms with Gasteiger partial charge in [0.05, 0.1) is 25.0 Å². The second-order valence-electron chi connectivity index (χ2n) is 8.42. The first-order valence-corrected chi connectivity index (χ1v) is 11.6. The van der Waals surface area contributed by atoms with Crippen molar-refractivity contribution < 1.29 is 18.3 Å². The normalized spacial score (nSPS) is 14.4. The van der Waals surface area contributed by atoms with Gasteiger partial charge in [-0.3, -0.25) is 0 Å². The molecule has 188 valence electrons. The Morgan fingerprint density at radius 3 is 2.33 bits per heavy atom. The van der Waals surface area contributed by atoms with E-state index in [-0.39, 0.29) is 6.61 Å². The number of hydrogen-bond acceptors (Lipinski definition) is 8. The number of nitrogens with one attached hydrogen (secondary N) is 1. The van der Waals surface area contributed by atoms with Gasteiger partial charge in [0, 0.05) is 38.9 Å². The fourth-order valence-electron chi connectivity index (χ4n) is 4.16. The quantitative estimate of drug-likeness (QED) is 0.402. The van der Waals surface area contributed by atoms with Crippen LogP contribution in [-0.2, 0) is 12.7 Å². The number of anilines is 3. The minimum Gasteiger partial charge on any atom is -0.395 e. The number of nitrogens with zero attached hydrogens (tertiary/aromatic N) is 7. The molecular formula is C24H25F3N8O. The van der Waals surface area contributed by atoms with Crippen LogP contribution in [0.3, 0.4) is 0 Å². The van der Waals surface area contributed by atoms with Crippen LogP contribution in [0.2, 0.25) is 0 Å². The molecule has 0 amide bonds. The molecule has 0 bridgehead atoms. The number of hydrogen-bond donors (Lipinski definition) is 2. The Balaban J connectivity index is 1.41. The molecule has 0 atom stereocenters. The second-order valence-corrected chi connectivity index (χ2v) is 8.42. The maximum absolute atomic E-state index is 12.9. The van der Waals surface area contributed by atoms with Crippen LogP contribution in [0.1, 0.15) is 11.1 Å². The first-order chi connectivity index (χ1) is 17.4. The standard InChI is InChI=1S/C24H25F3N8O/c25-24(26,27)18-6-4-17(5-7-18)15-35-16-30-20-21(29-9-14-36)31-23(32-22(20)35)34-12-10-33(11-13-34)19-3-1-2-8-28-19/h1-8,16,36H,9-15H2,(H,29,31,32). The van der Waals surface area contributed by atoms with E-state index < -0.39 is 11.7 Å². The van der Waals surface area contributed by atoms with E-state index in [0.717, 1.165) is 31.0 Å². The molecule has 1 aliphatic heterocycles. The number of rotatable bonds is 7. The molecule has 5 rings (SSSR count). The van der Waals surface area contributed by atoms with Gasteiger partial charge >= 0.3 is 6.18 Å². The third-order valence-electron chi connectivity index (χ3n) is 6.03. The lowest BCUT2D eigenvalue weighted by Crippen LogP contribution is -2.47. The molecule has 3 aromatic heterocycles. The van der Waals surface area contributed by atoms with Gasteiger partial charge in [0.2, 0.25) is 5.95 Å². The molecule has 1 aromatic carbocycles. The second kappa shape index (κ2) is 9.97. The number of pyridine rings is 1. The summed E-state index contributed by atoms with van der Waals surface area (Å²) in [5.74, 6) is 1.95. The minimum absolute atomic E-state index is 0.0736. The number of imidazole rings is 1. The van der Waals surface area contributed by atoms with Gasteiger partial charge in [-0.15, -0.1) is 0 Å². The Hall–Kier alpha value is -3.93. The van der Waals surface area contributed by atoms with Crippen molar-refractivity contribution in [2.75, 3.05) is 54.4 Å². The summed E-state index contributed by atoms with van der Waals surface area (Å²) in [6, 6.07) is 10.9. The Morgan fingerprint density at radius 2 is 1.67 bits per heavy atom. The molecule has 9 nitrogen and oxygen atoms in total. The summed E-state index contributed by atoms with van der Waals surface area (Å²) in [5.41, 5.74) is 1.10. The van der Waals surface area contributed by atoms with Crippen LogP contribution in [-0.4, -0.2) is 68.9 Å². The van der Waals surface area contributed by atoms with E-state index in [1.807, 2.05) is 18.2 Å². The third kappa shape index (κ3) is 5.03. The van der Waals surface area contributed by atoms with Crippen molar-refractivity contribution in [3.8, 4) is 0 Å². The van der Waals surface area contributed by atoms with Crippen molar-refractivity contribution in [2.24, 2.45) is 0 Å². The molecule has 1 aliphatic rings. The number of piperazine rings is 1. The van der Waals surface area contributed by atoms with E-state index in [2.05, 4.69) is 30.1 Å². The van der Waals surface area contributed by atoms with Gasteiger partial charge in [-0.1, -0.05) is 18.2 Å². The molecule has 12 heteroatoms. The van der Waals surface area contributed by atoms with Crippen molar-refractivity contribution in [2.45, 2.75) is 12.7 Å². The molecular weight excluding hydrogens is 473 g/mol. The maximum Gasteiger partial charge on any atom is 0.416 e. The highest BCUT2D eigenvalue weighted by Crippen LogP contribution is 2.30. The zero-order valence-corrected chi connectivity index (χ0v) is 19.4. The molecule has 2 N–H and O–H groups in total. The minimum atomic E-state index is -4.38. The Morgan fingerprint density at radius 1 is 0.917 bits per heavy atom. The summed E-state index contributed by atoms with van der Waals surface area (Å²) in [4.78, 5) is 22.6. The predicted octanol–water partition coefficient (Wildman–Crippen LogP) is 3.02. The van der Waals surface area contributed by atoms with Crippen molar-refractivity contribution >= 4 is 28.7 Å². The molecule has 0 radical (unpaired) electrons. The Kier molecular flexibility index (Phi) is 6.59. The smallest absolute Gasteiger partial charge is 0.395 e. The van der Waals surface area contributed by atoms with E-state index >= 15 is 0 Å². The Labute approximate surface area is 205 Å². The van der Waals surface area contributed by atoms with Crippen LogP contribution in [0.25, 0.3) is 11.2 Å². The molecule has 0 spiro atoms. The van der Waals surface area contributed by atoms with Gasteiger partial charge in [0.1, 0.15) is 5.82 Å². The van der Waals surface area contributed by atoms with Crippen LogP contribution in [0, 0.1) is 0 Å². The number of aromatic nitrogens is 5. The highest BCUT2D eigenvalue weighted by molar-refractivity contribution is 5.84. The van der Waals surface area contributed by atoms with E-state index in [4.69, 9.17) is 4.98 Å². The molecule has 1 saturated heterocycles. The molecule has 36 heavy (non-hydrogen) atoms. The molecule has 4 aromatic rings. The molecule has 0 aliphatic carbocycles. The van der Waals surface area contributed by atoms with Crippen LogP contribution in [0.4, 0.5) is 30.8 Å². The number of aliphatic hydroxyl groups excluding tert-OH is 1. The van der Waals surface area contributed by atoms with Crippen LogP contribution >= 0.6 is 0 Å². The van der Waals surface area contributed by atoms with Gasteiger partial charge < -0.3 is 24.8 Å². The molecule has 0 saturated carbocycles. The number of halogens is 3. The fourth-order valence-corrected chi connectivity index (χ4v) is 4.16. The summed E-state index contributed by atoms with van der Waals surface area (Å²) in [5, 5.41) is 12.4. The average Bonchev–Trinajstić information content (AvgIpc) is 3.30. The van der Waals surface area contributed by atoms with Crippen LogP contribution in [0.15, 0.2) is 55.0 Å². The topological polar surface area (TPSA) is 95.2 Å². The monoisotopic (exact) mass is 498 g/mol. The summed E-state index contributed by atoms with van der Waals surface area (Å²) in [7, 11) is 0. The van der Waals surface area contributed by atoms with E-state index in [0.29, 0.717) is 54.7 Å². The summed E-state index contributed by atoms with van der Waals surface area (Å²) < 4.78 is 40.6. The number of benzene rings is 1. The summed E-state index contributed by atoms with van der Waals surface area (Å²) >= 11 is 0. The first kappa shape index (κ1) is 23.8. The Bertz CT molecular complexity index is 1300. The molecule has 4 heterocycles. The predicted molar refractivity (Wildman–Crippen MR) is 130 cm³/mol. The van der Waals surface area contributed by atoms with Crippen molar-refractivity contribution in [1.82, 2.24) is 24.5 Å². The van der Waals surface area contributed by atoms with Gasteiger partial charge in [-0.25, -0.2) is 9.97 Å². The van der Waals surface area contributed by atoms with Crippen molar-refractivity contribution in [3.63, 3.8) is 0 Å². The number of fused-ring (bicyclic) bond motifs is 1. The SMILES string of the molecule is OCCNc1nc(N2CCN(c3ccccn3)CC2)nc2c1ncn2Cc1ccc(C(F)(F)F)cc1. The van der Waals surface area contributed by atoms with E-state index in [9.17, 15) is 18.3 Å². The lowest BCUT2D eigenvalue weighted by Gasteiger charge is -2.35. The van der Waals surface area contributed by atoms with Crippen molar-refractivity contribution in [1.29, 1.82) is 0 Å². The highest BCUT2D eigenvalue weighted by Gasteiger charge is 2.30. The summed E-state index contributed by atoms with van der Waals surface area (Å²) in [6.45, 7) is 3.41.